The minimum atomic E-state index is -0.105. The Morgan fingerprint density at radius 1 is 1.44 bits per heavy atom. The molecule has 25 heavy (non-hydrogen) atoms. The molecule has 1 aromatic rings. The average Bonchev–Trinajstić information content (AvgIpc) is 3.23. The zero-order valence-corrected chi connectivity index (χ0v) is 15.7. The van der Waals surface area contributed by atoms with Gasteiger partial charge in [-0.1, -0.05) is 0 Å². The zero-order valence-electron chi connectivity index (χ0n) is 14.9. The number of rotatable bonds is 5. The maximum atomic E-state index is 12.3. The number of thiazole rings is 1. The molecule has 1 unspecified atom stereocenters. The molecule has 3 aliphatic heterocycles. The summed E-state index contributed by atoms with van der Waals surface area (Å²) in [7, 11) is 0. The summed E-state index contributed by atoms with van der Waals surface area (Å²) in [6.07, 6.45) is 4.39. The number of carbonyl (C=O) groups is 1. The van der Waals surface area contributed by atoms with Crippen LogP contribution in [0.5, 0.6) is 0 Å². The molecular weight excluding hydrogens is 338 g/mol. The van der Waals surface area contributed by atoms with Crippen LogP contribution >= 0.6 is 11.3 Å². The molecule has 3 saturated heterocycles. The summed E-state index contributed by atoms with van der Waals surface area (Å²) in [6, 6.07) is 0. The van der Waals surface area contributed by atoms with E-state index in [0.717, 1.165) is 69.2 Å². The van der Waals surface area contributed by atoms with Gasteiger partial charge in [-0.25, -0.2) is 4.98 Å². The van der Waals surface area contributed by atoms with Gasteiger partial charge in [0.1, 0.15) is 0 Å². The van der Waals surface area contributed by atoms with E-state index in [-0.39, 0.29) is 17.6 Å². The minimum absolute atomic E-state index is 0.105. The van der Waals surface area contributed by atoms with E-state index in [0.29, 0.717) is 13.2 Å². The second-order valence-electron chi connectivity index (χ2n) is 7.55. The quantitative estimate of drug-likeness (QED) is 0.797. The lowest BCUT2D eigenvalue weighted by molar-refractivity contribution is -0.199. The van der Waals surface area contributed by atoms with E-state index >= 15 is 0 Å². The molecule has 0 N–H and O–H groups in total. The fraction of sp³-hybridized carbons (Fsp3) is 0.778. The first kappa shape index (κ1) is 17.4. The fourth-order valence-electron chi connectivity index (χ4n) is 4.16. The molecule has 4 rings (SSSR count). The summed E-state index contributed by atoms with van der Waals surface area (Å²) >= 11 is 1.66. The monoisotopic (exact) mass is 365 g/mol. The summed E-state index contributed by atoms with van der Waals surface area (Å²) in [5.74, 6) is 0.273. The number of carbonyl (C=O) groups excluding carboxylic acids is 1. The number of ether oxygens (including phenoxy) is 2. The Bertz CT molecular complexity index is 608. The molecule has 0 bridgehead atoms. The fourth-order valence-corrected chi connectivity index (χ4v) is 4.76. The third-order valence-corrected chi connectivity index (χ3v) is 6.24. The highest BCUT2D eigenvalue weighted by Gasteiger charge is 2.48. The van der Waals surface area contributed by atoms with Gasteiger partial charge in [0.15, 0.2) is 0 Å². The van der Waals surface area contributed by atoms with Gasteiger partial charge in [0.25, 0.3) is 0 Å². The number of hydrogen-bond acceptors (Lipinski definition) is 6. The van der Waals surface area contributed by atoms with E-state index in [2.05, 4.69) is 15.3 Å². The first-order valence-electron chi connectivity index (χ1n) is 9.29. The minimum Gasteiger partial charge on any atom is -0.372 e. The first-order valence-corrected chi connectivity index (χ1v) is 10.2. The summed E-state index contributed by atoms with van der Waals surface area (Å²) in [5, 5.41) is 3.15. The van der Waals surface area contributed by atoms with E-state index in [1.54, 1.807) is 11.3 Å². The lowest BCUT2D eigenvalue weighted by Crippen LogP contribution is -2.67. The van der Waals surface area contributed by atoms with Crippen molar-refractivity contribution in [2.24, 2.45) is 0 Å². The average molecular weight is 365 g/mol. The molecule has 3 fully saturated rings. The maximum Gasteiger partial charge on any atom is 0.236 e. The highest BCUT2D eigenvalue weighted by atomic mass is 32.1. The second-order valence-corrected chi connectivity index (χ2v) is 8.61. The lowest BCUT2D eigenvalue weighted by atomic mass is 9.84. The van der Waals surface area contributed by atoms with Crippen LogP contribution in [0.25, 0.3) is 0 Å². The van der Waals surface area contributed by atoms with E-state index in [9.17, 15) is 4.79 Å². The van der Waals surface area contributed by atoms with Crippen molar-refractivity contribution >= 4 is 17.2 Å². The van der Waals surface area contributed by atoms with Crippen LogP contribution in [0, 0.1) is 6.92 Å². The number of amides is 1. The van der Waals surface area contributed by atoms with Crippen molar-refractivity contribution in [1.29, 1.82) is 0 Å². The van der Waals surface area contributed by atoms with Crippen molar-refractivity contribution in [3.63, 3.8) is 0 Å². The van der Waals surface area contributed by atoms with E-state index in [1.807, 2.05) is 11.8 Å². The maximum absolute atomic E-state index is 12.3. The molecule has 3 aliphatic rings. The molecule has 1 atom stereocenters. The van der Waals surface area contributed by atoms with Crippen molar-refractivity contribution < 1.29 is 14.3 Å². The van der Waals surface area contributed by atoms with Crippen LogP contribution in [0.1, 0.15) is 36.4 Å². The van der Waals surface area contributed by atoms with E-state index in [4.69, 9.17) is 9.47 Å². The van der Waals surface area contributed by atoms with Crippen molar-refractivity contribution in [3.8, 4) is 0 Å². The van der Waals surface area contributed by atoms with Crippen LogP contribution in [-0.4, -0.2) is 71.7 Å². The Morgan fingerprint density at radius 2 is 2.24 bits per heavy atom. The van der Waals surface area contributed by atoms with E-state index < -0.39 is 0 Å². The Morgan fingerprint density at radius 3 is 2.96 bits per heavy atom. The molecular formula is C18H27N3O3S. The molecule has 1 spiro atoms. The second kappa shape index (κ2) is 7.31. The van der Waals surface area contributed by atoms with E-state index in [1.165, 1.54) is 0 Å². The largest absolute Gasteiger partial charge is 0.372 e. The van der Waals surface area contributed by atoms with Gasteiger partial charge >= 0.3 is 0 Å². The molecule has 7 heteroatoms. The summed E-state index contributed by atoms with van der Waals surface area (Å²) in [6.45, 7) is 7.45. The molecule has 1 amide bonds. The van der Waals surface area contributed by atoms with Crippen LogP contribution in [0.2, 0.25) is 0 Å². The predicted octanol–water partition coefficient (Wildman–Crippen LogP) is 1.82. The molecule has 6 nitrogen and oxygen atoms in total. The third-order valence-electron chi connectivity index (χ3n) is 5.42. The van der Waals surface area contributed by atoms with Gasteiger partial charge < -0.3 is 14.4 Å². The Balaban J connectivity index is 1.22. The van der Waals surface area contributed by atoms with Crippen LogP contribution in [0.15, 0.2) is 5.38 Å². The first-order chi connectivity index (χ1) is 12.1. The standard InChI is InChI=1S/C18H27N3O3S/c1-14-19-15(11-25-14)10-23-16-4-7-24-18(8-16)12-20(13-18)9-17(22)21-5-2-3-6-21/h11,16H,2-10,12-13H2,1H3. The SMILES string of the molecule is Cc1nc(COC2CCOC3(C2)CN(CC(=O)N2CCCC2)C3)cs1. The van der Waals surface area contributed by atoms with Gasteiger partial charge in [0, 0.05) is 44.6 Å². The summed E-state index contributed by atoms with van der Waals surface area (Å²) in [5.41, 5.74) is 0.918. The number of nitrogens with zero attached hydrogens (tertiary/aromatic N) is 3. The van der Waals surface area contributed by atoms with Gasteiger partial charge in [-0.3, -0.25) is 9.69 Å². The normalized spacial score (nSPS) is 26.1. The predicted molar refractivity (Wildman–Crippen MR) is 95.6 cm³/mol. The third kappa shape index (κ3) is 4.05. The smallest absolute Gasteiger partial charge is 0.236 e. The van der Waals surface area contributed by atoms with Crippen LogP contribution in [0.4, 0.5) is 0 Å². The molecule has 0 radical (unpaired) electrons. The molecule has 0 aromatic carbocycles. The topological polar surface area (TPSA) is 54.9 Å². The van der Waals surface area contributed by atoms with Gasteiger partial charge in [-0.2, -0.15) is 0 Å². The van der Waals surface area contributed by atoms with Crippen molar-refractivity contribution in [2.45, 2.75) is 50.9 Å². The Hall–Kier alpha value is -1.02. The van der Waals surface area contributed by atoms with Gasteiger partial charge in [-0.15, -0.1) is 11.3 Å². The summed E-state index contributed by atoms with van der Waals surface area (Å²) < 4.78 is 12.1. The van der Waals surface area contributed by atoms with Crippen LogP contribution in [0.3, 0.4) is 0 Å². The van der Waals surface area contributed by atoms with Crippen LogP contribution in [-0.2, 0) is 20.9 Å². The van der Waals surface area contributed by atoms with Gasteiger partial charge in [0.05, 0.1) is 35.6 Å². The lowest BCUT2D eigenvalue weighted by Gasteiger charge is -2.53. The summed E-state index contributed by atoms with van der Waals surface area (Å²) in [4.78, 5) is 20.9. The zero-order chi connectivity index (χ0) is 17.3. The van der Waals surface area contributed by atoms with Crippen LogP contribution < -0.4 is 0 Å². The number of likely N-dealkylation sites (tertiary alicyclic amines) is 2. The molecule has 1 aromatic heterocycles. The highest BCUT2D eigenvalue weighted by Crippen LogP contribution is 2.35. The molecule has 4 heterocycles. The molecule has 0 saturated carbocycles. The molecule has 138 valence electrons. The van der Waals surface area contributed by atoms with Gasteiger partial charge in [0.2, 0.25) is 5.91 Å². The highest BCUT2D eigenvalue weighted by molar-refractivity contribution is 7.09. The number of hydrogen-bond donors (Lipinski definition) is 0. The Labute approximate surface area is 153 Å². The Kier molecular flexibility index (Phi) is 5.08. The van der Waals surface area contributed by atoms with Crippen molar-refractivity contribution in [1.82, 2.24) is 14.8 Å². The van der Waals surface area contributed by atoms with Crippen molar-refractivity contribution in [2.75, 3.05) is 39.3 Å². The number of aromatic nitrogens is 1. The number of aryl methyl sites for hydroxylation is 1. The van der Waals surface area contributed by atoms with Gasteiger partial charge in [-0.05, 0) is 26.2 Å². The van der Waals surface area contributed by atoms with Crippen molar-refractivity contribution in [3.05, 3.63) is 16.1 Å². The molecule has 0 aliphatic carbocycles.